The Morgan fingerprint density at radius 1 is 1.00 bits per heavy atom. The molecule has 4 aromatic rings. The largest absolute Gasteiger partial charge is 0.416 e. The van der Waals surface area contributed by atoms with Crippen LogP contribution >= 0.6 is 11.8 Å². The molecule has 0 spiro atoms. The fraction of sp³-hybridized carbons (Fsp3) is 0.0833. The van der Waals surface area contributed by atoms with Crippen LogP contribution in [0.1, 0.15) is 11.1 Å². The van der Waals surface area contributed by atoms with E-state index in [4.69, 9.17) is 0 Å². The van der Waals surface area contributed by atoms with Crippen molar-refractivity contribution in [1.82, 2.24) is 15.0 Å². The molecule has 0 unspecified atom stereocenters. The summed E-state index contributed by atoms with van der Waals surface area (Å²) < 4.78 is 39.3. The van der Waals surface area contributed by atoms with Crippen LogP contribution in [0.15, 0.2) is 93.9 Å². The Kier molecular flexibility index (Phi) is 6.78. The van der Waals surface area contributed by atoms with Crippen molar-refractivity contribution in [2.45, 2.75) is 11.3 Å². The Bertz CT molecular complexity index is 1400. The second-order valence-electron chi connectivity index (χ2n) is 7.09. The topological polar surface area (TPSA) is 76.3 Å². The summed E-state index contributed by atoms with van der Waals surface area (Å²) in [5.74, 6) is -0.544. The number of hydrazone groups is 1. The van der Waals surface area contributed by atoms with E-state index in [-0.39, 0.29) is 11.3 Å². The monoisotopic (exact) mass is 482 g/mol. The molecule has 1 amide bonds. The van der Waals surface area contributed by atoms with Crippen LogP contribution in [0.3, 0.4) is 0 Å². The fourth-order valence-electron chi connectivity index (χ4n) is 3.11. The van der Waals surface area contributed by atoms with Gasteiger partial charge in [-0.2, -0.15) is 18.3 Å². The van der Waals surface area contributed by atoms with E-state index in [0.717, 1.165) is 23.9 Å². The minimum absolute atomic E-state index is 0.0814. The van der Waals surface area contributed by atoms with E-state index in [1.54, 1.807) is 48.5 Å². The van der Waals surface area contributed by atoms with Crippen LogP contribution in [-0.2, 0) is 11.0 Å². The summed E-state index contributed by atoms with van der Waals surface area (Å²) >= 11 is 1.07. The number of nitrogens with one attached hydrogen (secondary N) is 1. The lowest BCUT2D eigenvalue weighted by Crippen LogP contribution is -2.24. The van der Waals surface area contributed by atoms with Gasteiger partial charge in [0.05, 0.1) is 34.1 Å². The van der Waals surface area contributed by atoms with Gasteiger partial charge in [-0.05, 0) is 42.0 Å². The van der Waals surface area contributed by atoms with Gasteiger partial charge in [-0.15, -0.1) is 0 Å². The number of hydrogen-bond acceptors (Lipinski definition) is 5. The number of hydrogen-bond donors (Lipinski definition) is 1. The number of benzene rings is 3. The summed E-state index contributed by atoms with van der Waals surface area (Å²) in [4.78, 5) is 30.0. The van der Waals surface area contributed by atoms with Crippen molar-refractivity contribution in [3.05, 3.63) is 100 Å². The highest BCUT2D eigenvalue weighted by molar-refractivity contribution is 7.99. The maximum absolute atomic E-state index is 13.1. The van der Waals surface area contributed by atoms with Gasteiger partial charge in [-0.1, -0.05) is 54.2 Å². The van der Waals surface area contributed by atoms with Gasteiger partial charge in [0.25, 0.3) is 11.5 Å². The number of thioether (sulfide) groups is 1. The first-order chi connectivity index (χ1) is 16.3. The normalized spacial score (nSPS) is 11.7. The highest BCUT2D eigenvalue weighted by Gasteiger charge is 2.29. The maximum Gasteiger partial charge on any atom is 0.416 e. The molecule has 172 valence electrons. The number of aromatic nitrogens is 2. The van der Waals surface area contributed by atoms with Crippen LogP contribution in [0.4, 0.5) is 13.2 Å². The van der Waals surface area contributed by atoms with Crippen LogP contribution < -0.4 is 11.0 Å². The van der Waals surface area contributed by atoms with Crippen molar-refractivity contribution in [3.8, 4) is 5.69 Å². The van der Waals surface area contributed by atoms with Crippen LogP contribution in [0, 0.1) is 0 Å². The Balaban J connectivity index is 1.48. The zero-order chi connectivity index (χ0) is 24.1. The molecule has 1 heterocycles. The third kappa shape index (κ3) is 5.34. The lowest BCUT2D eigenvalue weighted by atomic mass is 10.1. The number of rotatable bonds is 6. The first-order valence-electron chi connectivity index (χ1n) is 10.0. The summed E-state index contributed by atoms with van der Waals surface area (Å²) in [5.41, 5.74) is 2.85. The molecule has 0 fully saturated rings. The predicted molar refractivity (Wildman–Crippen MR) is 125 cm³/mol. The zero-order valence-electron chi connectivity index (χ0n) is 17.5. The molecule has 10 heteroatoms. The van der Waals surface area contributed by atoms with Gasteiger partial charge in [-0.25, -0.2) is 10.4 Å². The van der Waals surface area contributed by atoms with E-state index in [2.05, 4.69) is 15.5 Å². The van der Waals surface area contributed by atoms with Gasteiger partial charge in [0.15, 0.2) is 5.16 Å². The highest BCUT2D eigenvalue weighted by Crippen LogP contribution is 2.28. The Labute approximate surface area is 196 Å². The van der Waals surface area contributed by atoms with Gasteiger partial charge in [-0.3, -0.25) is 14.2 Å². The predicted octanol–water partition coefficient (Wildman–Crippen LogP) is 4.65. The van der Waals surface area contributed by atoms with E-state index in [1.165, 1.54) is 22.9 Å². The van der Waals surface area contributed by atoms with Gasteiger partial charge >= 0.3 is 6.18 Å². The lowest BCUT2D eigenvalue weighted by molar-refractivity contribution is -0.137. The Hall–Kier alpha value is -3.92. The van der Waals surface area contributed by atoms with Gasteiger partial charge < -0.3 is 0 Å². The maximum atomic E-state index is 13.1. The molecule has 1 aromatic heterocycles. The molecular weight excluding hydrogens is 465 g/mol. The van der Waals surface area contributed by atoms with Crippen LogP contribution in [0.25, 0.3) is 16.6 Å². The number of carbonyl (C=O) groups is 1. The average Bonchev–Trinajstić information content (AvgIpc) is 2.83. The highest BCUT2D eigenvalue weighted by atomic mass is 32.2. The molecule has 0 aliphatic carbocycles. The fourth-order valence-corrected chi connectivity index (χ4v) is 3.92. The molecule has 0 aliphatic rings. The summed E-state index contributed by atoms with van der Waals surface area (Å²) in [6.45, 7) is 0. The third-order valence-electron chi connectivity index (χ3n) is 4.73. The number of nitrogens with zero attached hydrogens (tertiary/aromatic N) is 3. The second-order valence-corrected chi connectivity index (χ2v) is 8.03. The smallest absolute Gasteiger partial charge is 0.272 e. The Morgan fingerprint density at radius 3 is 2.38 bits per heavy atom. The number of alkyl halides is 3. The van der Waals surface area contributed by atoms with Crippen molar-refractivity contribution in [1.29, 1.82) is 0 Å². The number of fused-ring (bicyclic) bond motifs is 1. The molecule has 3 aromatic carbocycles. The summed E-state index contributed by atoms with van der Waals surface area (Å²) in [5, 5.41) is 4.59. The van der Waals surface area contributed by atoms with Gasteiger partial charge in [0.2, 0.25) is 0 Å². The van der Waals surface area contributed by atoms with E-state index < -0.39 is 17.6 Å². The molecular formula is C24H17F3N4O2S. The third-order valence-corrected chi connectivity index (χ3v) is 5.67. The molecule has 0 bridgehead atoms. The number of carbonyl (C=O) groups excluding carboxylic acids is 1. The molecule has 34 heavy (non-hydrogen) atoms. The van der Waals surface area contributed by atoms with Crippen molar-refractivity contribution >= 4 is 34.8 Å². The summed E-state index contributed by atoms with van der Waals surface area (Å²) in [6.07, 6.45) is -3.17. The van der Waals surface area contributed by atoms with Crippen LogP contribution in [-0.4, -0.2) is 27.4 Å². The quantitative estimate of drug-likeness (QED) is 0.188. The summed E-state index contributed by atoms with van der Waals surface area (Å²) in [7, 11) is 0. The molecule has 0 radical (unpaired) electrons. The second kappa shape index (κ2) is 9.92. The van der Waals surface area contributed by atoms with E-state index in [0.29, 0.717) is 27.3 Å². The number of para-hydroxylation sites is 2. The van der Waals surface area contributed by atoms with Crippen LogP contribution in [0.2, 0.25) is 0 Å². The first kappa shape index (κ1) is 23.2. The average molecular weight is 482 g/mol. The number of amides is 1. The Morgan fingerprint density at radius 2 is 1.68 bits per heavy atom. The zero-order valence-corrected chi connectivity index (χ0v) is 18.3. The molecule has 0 saturated heterocycles. The number of halogens is 3. The van der Waals surface area contributed by atoms with Crippen LogP contribution in [0.5, 0.6) is 0 Å². The van der Waals surface area contributed by atoms with Gasteiger partial charge in [0.1, 0.15) is 0 Å². The van der Waals surface area contributed by atoms with Crippen molar-refractivity contribution in [2.75, 3.05) is 5.75 Å². The summed E-state index contributed by atoms with van der Waals surface area (Å²) in [6, 6.07) is 20.3. The van der Waals surface area contributed by atoms with Crippen molar-refractivity contribution < 1.29 is 18.0 Å². The first-order valence-corrected chi connectivity index (χ1v) is 11.0. The SMILES string of the molecule is O=C(CSc1nc2ccccc2c(=O)n1-c1ccccc1)NN=Cc1ccc(C(F)(F)F)cc1. The molecule has 0 atom stereocenters. The van der Waals surface area contributed by atoms with Crippen molar-refractivity contribution in [3.63, 3.8) is 0 Å². The molecule has 0 saturated carbocycles. The van der Waals surface area contributed by atoms with Gasteiger partial charge in [0, 0.05) is 0 Å². The lowest BCUT2D eigenvalue weighted by Gasteiger charge is -2.12. The van der Waals surface area contributed by atoms with E-state index in [1.807, 2.05) is 6.07 Å². The molecule has 1 N–H and O–H groups in total. The van der Waals surface area contributed by atoms with E-state index >= 15 is 0 Å². The standard InChI is InChI=1S/C24H17F3N4O2S/c25-24(26,27)17-12-10-16(11-13-17)14-28-30-21(32)15-34-23-29-20-9-5-4-8-19(20)22(33)31(23)18-6-2-1-3-7-18/h1-14H,15H2,(H,30,32). The van der Waals surface area contributed by atoms with E-state index in [9.17, 15) is 22.8 Å². The minimum Gasteiger partial charge on any atom is -0.272 e. The molecule has 4 rings (SSSR count). The minimum atomic E-state index is -4.42. The molecule has 6 nitrogen and oxygen atoms in total. The van der Waals surface area contributed by atoms with Crippen molar-refractivity contribution in [2.24, 2.45) is 5.10 Å². The molecule has 0 aliphatic heterocycles.